The first-order valence-corrected chi connectivity index (χ1v) is 8.07. The van der Waals surface area contributed by atoms with Crippen molar-refractivity contribution >= 4 is 0 Å². The molecule has 0 spiro atoms. The first kappa shape index (κ1) is 16.0. The summed E-state index contributed by atoms with van der Waals surface area (Å²) in [5.41, 5.74) is -0.339. The van der Waals surface area contributed by atoms with Crippen LogP contribution in [0.25, 0.3) is 0 Å². The van der Waals surface area contributed by atoms with E-state index in [1.54, 1.807) is 0 Å². The third-order valence-electron chi connectivity index (χ3n) is 4.41. The van der Waals surface area contributed by atoms with Crippen molar-refractivity contribution < 1.29 is 5.11 Å². The minimum Gasteiger partial charge on any atom is -0.390 e. The summed E-state index contributed by atoms with van der Waals surface area (Å²) in [4.78, 5) is 2.32. The molecule has 1 saturated heterocycles. The second-order valence-corrected chi connectivity index (χ2v) is 6.25. The van der Waals surface area contributed by atoms with Crippen LogP contribution < -0.4 is 0 Å². The summed E-state index contributed by atoms with van der Waals surface area (Å²) in [6.07, 6.45) is 13.8. The topological polar surface area (TPSA) is 23.5 Å². The van der Waals surface area contributed by atoms with Gasteiger partial charge in [0.1, 0.15) is 0 Å². The molecule has 0 radical (unpaired) electrons. The molecule has 0 aromatic carbocycles. The van der Waals surface area contributed by atoms with E-state index in [2.05, 4.69) is 18.9 Å². The number of hydrogen-bond donors (Lipinski definition) is 1. The van der Waals surface area contributed by atoms with Gasteiger partial charge < -0.3 is 10.0 Å². The molecule has 1 rings (SSSR count). The maximum atomic E-state index is 10.4. The van der Waals surface area contributed by atoms with Gasteiger partial charge in [-0.1, -0.05) is 58.3 Å². The minimum absolute atomic E-state index is 0.339. The quantitative estimate of drug-likeness (QED) is 0.630. The lowest BCUT2D eigenvalue weighted by atomic mass is 9.86. The molecule has 2 heteroatoms. The van der Waals surface area contributed by atoms with Crippen molar-refractivity contribution in [2.24, 2.45) is 0 Å². The van der Waals surface area contributed by atoms with E-state index in [0.717, 1.165) is 32.4 Å². The SMILES string of the molecule is CCCCCCCCCCC1(O)CCN(C)CC1. The van der Waals surface area contributed by atoms with Crippen LogP contribution in [0.1, 0.15) is 77.6 Å². The number of likely N-dealkylation sites (tertiary alicyclic amines) is 1. The highest BCUT2D eigenvalue weighted by Gasteiger charge is 2.30. The fraction of sp³-hybridized carbons (Fsp3) is 1.00. The highest BCUT2D eigenvalue weighted by molar-refractivity contribution is 4.84. The average molecular weight is 255 g/mol. The van der Waals surface area contributed by atoms with Crippen molar-refractivity contribution in [2.45, 2.75) is 83.2 Å². The number of piperidine rings is 1. The van der Waals surface area contributed by atoms with Gasteiger partial charge in [-0.3, -0.25) is 0 Å². The lowest BCUT2D eigenvalue weighted by molar-refractivity contribution is -0.0241. The Morgan fingerprint density at radius 1 is 0.889 bits per heavy atom. The van der Waals surface area contributed by atoms with Gasteiger partial charge in [0.05, 0.1) is 5.60 Å². The fourth-order valence-corrected chi connectivity index (χ4v) is 2.87. The fourth-order valence-electron chi connectivity index (χ4n) is 2.87. The second-order valence-electron chi connectivity index (χ2n) is 6.25. The van der Waals surface area contributed by atoms with Gasteiger partial charge >= 0.3 is 0 Å². The molecule has 0 amide bonds. The summed E-state index contributed by atoms with van der Waals surface area (Å²) in [6, 6.07) is 0. The summed E-state index contributed by atoms with van der Waals surface area (Å²) < 4.78 is 0. The molecule has 0 aliphatic carbocycles. The molecule has 1 aliphatic heterocycles. The number of aliphatic hydroxyl groups is 1. The van der Waals surface area contributed by atoms with Crippen LogP contribution in [-0.4, -0.2) is 35.7 Å². The van der Waals surface area contributed by atoms with Crippen molar-refractivity contribution in [3.05, 3.63) is 0 Å². The van der Waals surface area contributed by atoms with Gasteiger partial charge in [-0.25, -0.2) is 0 Å². The van der Waals surface area contributed by atoms with Crippen LogP contribution in [0.3, 0.4) is 0 Å². The summed E-state index contributed by atoms with van der Waals surface area (Å²) in [5, 5.41) is 10.4. The van der Waals surface area contributed by atoms with Crippen LogP contribution in [-0.2, 0) is 0 Å². The molecule has 0 unspecified atom stereocenters. The van der Waals surface area contributed by atoms with Gasteiger partial charge in [-0.15, -0.1) is 0 Å². The lowest BCUT2D eigenvalue weighted by Crippen LogP contribution is -2.42. The van der Waals surface area contributed by atoms with E-state index in [1.165, 1.54) is 51.4 Å². The Bertz CT molecular complexity index is 197. The minimum atomic E-state index is -0.339. The molecule has 1 aliphatic rings. The highest BCUT2D eigenvalue weighted by atomic mass is 16.3. The smallest absolute Gasteiger partial charge is 0.0672 e. The van der Waals surface area contributed by atoms with E-state index in [-0.39, 0.29) is 5.60 Å². The molecule has 1 N–H and O–H groups in total. The van der Waals surface area contributed by atoms with E-state index < -0.39 is 0 Å². The first-order valence-electron chi connectivity index (χ1n) is 8.07. The average Bonchev–Trinajstić information content (AvgIpc) is 2.37. The maximum Gasteiger partial charge on any atom is 0.0672 e. The third kappa shape index (κ3) is 6.75. The van der Waals surface area contributed by atoms with Gasteiger partial charge in [0.15, 0.2) is 0 Å². The zero-order chi connectivity index (χ0) is 13.3. The van der Waals surface area contributed by atoms with Crippen LogP contribution in [0.2, 0.25) is 0 Å². The van der Waals surface area contributed by atoms with Gasteiger partial charge in [0.2, 0.25) is 0 Å². The van der Waals surface area contributed by atoms with Crippen molar-refractivity contribution in [3.8, 4) is 0 Å². The van der Waals surface area contributed by atoms with Gasteiger partial charge in [-0.05, 0) is 26.3 Å². The Morgan fingerprint density at radius 2 is 1.39 bits per heavy atom. The van der Waals surface area contributed by atoms with Crippen LogP contribution in [0.5, 0.6) is 0 Å². The Morgan fingerprint density at radius 3 is 1.94 bits per heavy atom. The van der Waals surface area contributed by atoms with Crippen LogP contribution in [0, 0.1) is 0 Å². The highest BCUT2D eigenvalue weighted by Crippen LogP contribution is 2.27. The Labute approximate surface area is 114 Å². The monoisotopic (exact) mass is 255 g/mol. The Kier molecular flexibility index (Phi) is 7.92. The number of rotatable bonds is 9. The predicted octanol–water partition coefficient (Wildman–Crippen LogP) is 3.97. The van der Waals surface area contributed by atoms with Crippen molar-refractivity contribution in [1.82, 2.24) is 4.90 Å². The largest absolute Gasteiger partial charge is 0.390 e. The second kappa shape index (κ2) is 8.92. The molecule has 2 nitrogen and oxygen atoms in total. The normalized spacial score (nSPS) is 20.2. The van der Waals surface area contributed by atoms with Crippen LogP contribution in [0.4, 0.5) is 0 Å². The van der Waals surface area contributed by atoms with Gasteiger partial charge in [-0.2, -0.15) is 0 Å². The summed E-state index contributed by atoms with van der Waals surface area (Å²) in [7, 11) is 2.15. The number of unbranched alkanes of at least 4 members (excludes halogenated alkanes) is 7. The lowest BCUT2D eigenvalue weighted by Gasteiger charge is -2.36. The Hall–Kier alpha value is -0.0800. The Balaban J connectivity index is 1.94. The van der Waals surface area contributed by atoms with Crippen molar-refractivity contribution in [2.75, 3.05) is 20.1 Å². The van der Waals surface area contributed by atoms with Crippen molar-refractivity contribution in [1.29, 1.82) is 0 Å². The molecular weight excluding hydrogens is 222 g/mol. The maximum absolute atomic E-state index is 10.4. The molecule has 1 fully saturated rings. The molecule has 0 aromatic rings. The predicted molar refractivity (Wildman–Crippen MR) is 78.9 cm³/mol. The van der Waals surface area contributed by atoms with E-state index >= 15 is 0 Å². The van der Waals surface area contributed by atoms with E-state index in [4.69, 9.17) is 0 Å². The first-order chi connectivity index (χ1) is 8.66. The molecule has 108 valence electrons. The summed E-state index contributed by atoms with van der Waals surface area (Å²) >= 11 is 0. The van der Waals surface area contributed by atoms with E-state index in [1.807, 2.05) is 0 Å². The van der Waals surface area contributed by atoms with E-state index in [9.17, 15) is 5.11 Å². The van der Waals surface area contributed by atoms with Gasteiger partial charge in [0, 0.05) is 13.1 Å². The standard InChI is InChI=1S/C16H33NO/c1-3-4-5-6-7-8-9-10-11-16(18)12-14-17(2)15-13-16/h18H,3-15H2,1-2H3. The summed E-state index contributed by atoms with van der Waals surface area (Å²) in [6.45, 7) is 4.39. The van der Waals surface area contributed by atoms with Crippen molar-refractivity contribution in [3.63, 3.8) is 0 Å². The van der Waals surface area contributed by atoms with E-state index in [0.29, 0.717) is 0 Å². The number of nitrogens with zero attached hydrogens (tertiary/aromatic N) is 1. The molecule has 0 atom stereocenters. The number of hydrogen-bond acceptors (Lipinski definition) is 2. The molecular formula is C16H33NO. The molecule has 1 heterocycles. The molecule has 0 saturated carbocycles. The molecule has 18 heavy (non-hydrogen) atoms. The zero-order valence-corrected chi connectivity index (χ0v) is 12.6. The molecule has 0 aromatic heterocycles. The van der Waals surface area contributed by atoms with Gasteiger partial charge in [0.25, 0.3) is 0 Å². The zero-order valence-electron chi connectivity index (χ0n) is 12.6. The van der Waals surface area contributed by atoms with Crippen LogP contribution >= 0.6 is 0 Å². The summed E-state index contributed by atoms with van der Waals surface area (Å²) in [5.74, 6) is 0. The van der Waals surface area contributed by atoms with Crippen LogP contribution in [0.15, 0.2) is 0 Å². The molecule has 0 bridgehead atoms. The third-order valence-corrected chi connectivity index (χ3v) is 4.41.